The number of amides is 1. The minimum absolute atomic E-state index is 0.306. The maximum absolute atomic E-state index is 11.9. The second kappa shape index (κ2) is 7.47. The molecule has 1 aromatic heterocycles. The Kier molecular flexibility index (Phi) is 5.38. The number of hydrogen-bond acceptors (Lipinski definition) is 4. The highest BCUT2D eigenvalue weighted by atomic mass is 35.5. The Morgan fingerprint density at radius 1 is 1.23 bits per heavy atom. The second-order valence-corrected chi connectivity index (χ2v) is 4.73. The van der Waals surface area contributed by atoms with Gasteiger partial charge in [-0.25, -0.2) is 4.98 Å². The first kappa shape index (κ1) is 15.9. The molecule has 2 rings (SSSR count). The van der Waals surface area contributed by atoms with Crippen molar-refractivity contribution in [2.24, 2.45) is 0 Å². The first-order valence-corrected chi connectivity index (χ1v) is 6.83. The molecule has 0 aliphatic heterocycles. The summed E-state index contributed by atoms with van der Waals surface area (Å²) >= 11 is 5.74. The van der Waals surface area contributed by atoms with E-state index in [1.165, 1.54) is 12.3 Å². The van der Waals surface area contributed by atoms with Gasteiger partial charge in [0.15, 0.2) is 0 Å². The lowest BCUT2D eigenvalue weighted by Crippen LogP contribution is -2.08. The minimum atomic E-state index is -0.306. The summed E-state index contributed by atoms with van der Waals surface area (Å²) in [4.78, 5) is 15.9. The largest absolute Gasteiger partial charge is 0.497 e. The Morgan fingerprint density at radius 2 is 2.05 bits per heavy atom. The number of aromatic nitrogens is 1. The minimum Gasteiger partial charge on any atom is -0.497 e. The Morgan fingerprint density at radius 3 is 2.68 bits per heavy atom. The zero-order valence-electron chi connectivity index (χ0n) is 12.2. The Bertz CT molecular complexity index is 684. The van der Waals surface area contributed by atoms with E-state index in [0.29, 0.717) is 22.3 Å². The summed E-state index contributed by atoms with van der Waals surface area (Å²) in [6, 6.07) is 8.62. The number of benzene rings is 1. The van der Waals surface area contributed by atoms with Gasteiger partial charge in [0.2, 0.25) is 5.91 Å². The predicted octanol–water partition coefficient (Wildman–Crippen LogP) is 3.40. The molecule has 5 nitrogen and oxygen atoms in total. The van der Waals surface area contributed by atoms with Gasteiger partial charge in [-0.3, -0.25) is 4.79 Å². The summed E-state index contributed by atoms with van der Waals surface area (Å²) in [6.07, 6.45) is 4.51. The average molecular weight is 319 g/mol. The van der Waals surface area contributed by atoms with Crippen LogP contribution in [-0.2, 0) is 4.79 Å². The molecule has 1 N–H and O–H groups in total. The maximum Gasteiger partial charge on any atom is 0.249 e. The van der Waals surface area contributed by atoms with Crippen molar-refractivity contribution in [3.05, 3.63) is 53.2 Å². The molecule has 0 bridgehead atoms. The van der Waals surface area contributed by atoms with Crippen LogP contribution in [0.15, 0.2) is 42.6 Å². The van der Waals surface area contributed by atoms with Gasteiger partial charge in [-0.1, -0.05) is 11.6 Å². The number of nitrogens with one attached hydrogen (secondary N) is 1. The number of anilines is 1. The Labute approximate surface area is 133 Å². The van der Waals surface area contributed by atoms with Crippen molar-refractivity contribution in [2.75, 3.05) is 19.5 Å². The van der Waals surface area contributed by atoms with Crippen molar-refractivity contribution in [3.8, 4) is 11.5 Å². The van der Waals surface area contributed by atoms with Crippen LogP contribution in [0.1, 0.15) is 5.56 Å². The summed E-state index contributed by atoms with van der Waals surface area (Å²) in [5.74, 6) is 1.45. The maximum atomic E-state index is 11.9. The van der Waals surface area contributed by atoms with E-state index >= 15 is 0 Å². The molecule has 0 spiro atoms. The van der Waals surface area contributed by atoms with Crippen LogP contribution in [0.5, 0.6) is 11.5 Å². The van der Waals surface area contributed by atoms with Gasteiger partial charge in [0.25, 0.3) is 0 Å². The molecule has 114 valence electrons. The third kappa shape index (κ3) is 4.23. The van der Waals surface area contributed by atoms with E-state index in [4.69, 9.17) is 21.1 Å². The van der Waals surface area contributed by atoms with E-state index in [1.807, 2.05) is 0 Å². The monoisotopic (exact) mass is 318 g/mol. The van der Waals surface area contributed by atoms with Gasteiger partial charge in [0.05, 0.1) is 19.2 Å². The molecule has 0 aliphatic rings. The molecule has 0 saturated carbocycles. The van der Waals surface area contributed by atoms with E-state index in [1.54, 1.807) is 50.6 Å². The van der Waals surface area contributed by atoms with Crippen molar-refractivity contribution in [1.82, 2.24) is 4.98 Å². The standard InChI is InChI=1S/C16H15ClN2O3/c1-21-13-5-6-14(22-2)11(9-13)3-8-16(20)19-15-7-4-12(17)10-18-15/h3-10H,1-2H3,(H,18,19,20)/b8-3+. The van der Waals surface area contributed by atoms with Crippen LogP contribution in [0, 0.1) is 0 Å². The van der Waals surface area contributed by atoms with Gasteiger partial charge in [-0.15, -0.1) is 0 Å². The van der Waals surface area contributed by atoms with Crippen molar-refractivity contribution in [1.29, 1.82) is 0 Å². The SMILES string of the molecule is COc1ccc(OC)c(/C=C/C(=O)Nc2ccc(Cl)cn2)c1. The average Bonchev–Trinajstić information content (AvgIpc) is 2.54. The van der Waals surface area contributed by atoms with Gasteiger partial charge in [0.1, 0.15) is 17.3 Å². The number of hydrogen-bond donors (Lipinski definition) is 1. The molecular formula is C16H15ClN2O3. The lowest BCUT2D eigenvalue weighted by atomic mass is 10.1. The number of nitrogens with zero attached hydrogens (tertiary/aromatic N) is 1. The number of ether oxygens (including phenoxy) is 2. The fourth-order valence-electron chi connectivity index (χ4n) is 1.75. The molecule has 0 atom stereocenters. The zero-order valence-corrected chi connectivity index (χ0v) is 12.9. The first-order chi connectivity index (χ1) is 10.6. The van der Waals surface area contributed by atoms with Crippen LogP contribution in [0.3, 0.4) is 0 Å². The van der Waals surface area contributed by atoms with E-state index in [9.17, 15) is 4.79 Å². The molecule has 0 radical (unpaired) electrons. The lowest BCUT2D eigenvalue weighted by Gasteiger charge is -2.07. The van der Waals surface area contributed by atoms with Crippen LogP contribution in [0.2, 0.25) is 5.02 Å². The molecule has 0 fully saturated rings. The highest BCUT2D eigenvalue weighted by molar-refractivity contribution is 6.30. The summed E-state index contributed by atoms with van der Waals surface area (Å²) in [7, 11) is 3.14. The lowest BCUT2D eigenvalue weighted by molar-refractivity contribution is -0.111. The van der Waals surface area contributed by atoms with Crippen LogP contribution >= 0.6 is 11.6 Å². The molecular weight excluding hydrogens is 304 g/mol. The first-order valence-electron chi connectivity index (χ1n) is 6.45. The number of carbonyl (C=O) groups is 1. The van der Waals surface area contributed by atoms with E-state index in [2.05, 4.69) is 10.3 Å². The van der Waals surface area contributed by atoms with Crippen LogP contribution < -0.4 is 14.8 Å². The molecule has 6 heteroatoms. The second-order valence-electron chi connectivity index (χ2n) is 4.29. The number of rotatable bonds is 5. The fourth-order valence-corrected chi connectivity index (χ4v) is 1.86. The highest BCUT2D eigenvalue weighted by Crippen LogP contribution is 2.25. The molecule has 1 heterocycles. The van der Waals surface area contributed by atoms with Gasteiger partial charge in [-0.05, 0) is 36.4 Å². The fraction of sp³-hybridized carbons (Fsp3) is 0.125. The molecule has 2 aromatic rings. The summed E-state index contributed by atoms with van der Waals surface area (Å²) < 4.78 is 10.4. The van der Waals surface area contributed by atoms with E-state index in [-0.39, 0.29) is 5.91 Å². The molecule has 0 unspecified atom stereocenters. The van der Waals surface area contributed by atoms with Gasteiger partial charge < -0.3 is 14.8 Å². The van der Waals surface area contributed by atoms with E-state index in [0.717, 1.165) is 5.56 Å². The van der Waals surface area contributed by atoms with Crippen molar-refractivity contribution >= 4 is 29.4 Å². The number of pyridine rings is 1. The van der Waals surface area contributed by atoms with Crippen LogP contribution in [0.4, 0.5) is 5.82 Å². The molecule has 1 aromatic carbocycles. The summed E-state index contributed by atoms with van der Waals surface area (Å²) in [6.45, 7) is 0. The number of halogens is 1. The third-order valence-electron chi connectivity index (χ3n) is 2.83. The van der Waals surface area contributed by atoms with Crippen LogP contribution in [-0.4, -0.2) is 25.1 Å². The van der Waals surface area contributed by atoms with Crippen molar-refractivity contribution < 1.29 is 14.3 Å². The van der Waals surface area contributed by atoms with Gasteiger partial charge >= 0.3 is 0 Å². The van der Waals surface area contributed by atoms with Gasteiger partial charge in [0, 0.05) is 17.8 Å². The van der Waals surface area contributed by atoms with Crippen molar-refractivity contribution in [3.63, 3.8) is 0 Å². The number of carbonyl (C=O) groups excluding carboxylic acids is 1. The summed E-state index contributed by atoms with van der Waals surface area (Å²) in [5, 5.41) is 3.15. The highest BCUT2D eigenvalue weighted by Gasteiger charge is 2.04. The summed E-state index contributed by atoms with van der Waals surface area (Å²) in [5.41, 5.74) is 0.737. The van der Waals surface area contributed by atoms with Crippen LogP contribution in [0.25, 0.3) is 6.08 Å². The molecule has 1 amide bonds. The molecule has 0 saturated heterocycles. The Balaban J connectivity index is 2.10. The van der Waals surface area contributed by atoms with E-state index < -0.39 is 0 Å². The van der Waals surface area contributed by atoms with Crippen molar-refractivity contribution in [2.45, 2.75) is 0 Å². The number of methoxy groups -OCH3 is 2. The smallest absolute Gasteiger partial charge is 0.249 e. The topological polar surface area (TPSA) is 60.5 Å². The quantitative estimate of drug-likeness (QED) is 0.858. The van der Waals surface area contributed by atoms with Gasteiger partial charge in [-0.2, -0.15) is 0 Å². The normalized spacial score (nSPS) is 10.5. The molecule has 0 aliphatic carbocycles. The third-order valence-corrected chi connectivity index (χ3v) is 3.05. The Hall–Kier alpha value is -2.53. The molecule has 22 heavy (non-hydrogen) atoms. The predicted molar refractivity (Wildman–Crippen MR) is 86.5 cm³/mol. The zero-order chi connectivity index (χ0) is 15.9.